The smallest absolute Gasteiger partial charge is 0.103 e. The number of hydrogen-bond donors (Lipinski definition) is 1. The second-order valence-corrected chi connectivity index (χ2v) is 4.16. The molecule has 0 spiro atoms. The van der Waals surface area contributed by atoms with E-state index in [1.807, 2.05) is 23.1 Å². The van der Waals surface area contributed by atoms with Crippen molar-refractivity contribution < 1.29 is 5.11 Å². The molecule has 0 bridgehead atoms. The number of β-amino-alcohol motifs (C(OH)–C–C–N with tert-alkyl or cyclic N) is 1. The fourth-order valence-electron chi connectivity index (χ4n) is 1.54. The Kier molecular flexibility index (Phi) is 2.44. The van der Waals surface area contributed by atoms with Crippen molar-refractivity contribution in [1.29, 1.82) is 5.26 Å². The second-order valence-electron chi connectivity index (χ2n) is 3.30. The third kappa shape index (κ3) is 1.49. The van der Waals surface area contributed by atoms with Crippen molar-refractivity contribution in [3.63, 3.8) is 0 Å². The van der Waals surface area contributed by atoms with E-state index in [0.717, 1.165) is 10.2 Å². The van der Waals surface area contributed by atoms with Gasteiger partial charge in [-0.3, -0.25) is 0 Å². The van der Waals surface area contributed by atoms with Gasteiger partial charge in [-0.1, -0.05) is 6.07 Å². The summed E-state index contributed by atoms with van der Waals surface area (Å²) in [5.74, 6) is 0. The van der Waals surface area contributed by atoms with Gasteiger partial charge in [-0.15, -0.1) is 0 Å². The van der Waals surface area contributed by atoms with E-state index in [2.05, 4.69) is 22.0 Å². The zero-order valence-electron chi connectivity index (χ0n) is 7.44. The molecule has 1 saturated heterocycles. The van der Waals surface area contributed by atoms with Gasteiger partial charge in [0.15, 0.2) is 0 Å². The van der Waals surface area contributed by atoms with Crippen LogP contribution >= 0.6 is 15.9 Å². The minimum Gasteiger partial charge on any atom is -0.389 e. The van der Waals surface area contributed by atoms with Crippen molar-refractivity contribution in [3.8, 4) is 6.07 Å². The van der Waals surface area contributed by atoms with Crippen LogP contribution in [0.3, 0.4) is 0 Å². The quantitative estimate of drug-likeness (QED) is 0.825. The molecule has 1 fully saturated rings. The van der Waals surface area contributed by atoms with Crippen molar-refractivity contribution in [3.05, 3.63) is 28.2 Å². The Bertz CT molecular complexity index is 394. The number of nitriles is 1. The lowest BCUT2D eigenvalue weighted by atomic mass is 10.1. The van der Waals surface area contributed by atoms with Crippen LogP contribution in [0.15, 0.2) is 22.7 Å². The zero-order valence-corrected chi connectivity index (χ0v) is 9.03. The number of aliphatic hydroxyl groups excluding tert-OH is 1. The van der Waals surface area contributed by atoms with E-state index in [9.17, 15) is 5.11 Å². The molecule has 2 rings (SSSR count). The predicted octanol–water partition coefficient (Wildman–Crippen LogP) is 1.50. The number of nitrogens with zero attached hydrogens (tertiary/aromatic N) is 2. The summed E-state index contributed by atoms with van der Waals surface area (Å²) in [7, 11) is 0. The first-order valence-corrected chi connectivity index (χ1v) is 5.13. The van der Waals surface area contributed by atoms with Crippen LogP contribution in [0.2, 0.25) is 0 Å². The molecular formula is C10H9BrN2O. The van der Waals surface area contributed by atoms with E-state index in [0.29, 0.717) is 18.7 Å². The third-order valence-electron chi connectivity index (χ3n) is 2.31. The Balaban J connectivity index is 2.34. The molecule has 72 valence electrons. The molecule has 1 aromatic rings. The summed E-state index contributed by atoms with van der Waals surface area (Å²) in [6, 6.07) is 7.79. The molecule has 1 heterocycles. The molecule has 0 unspecified atom stereocenters. The van der Waals surface area contributed by atoms with Gasteiger partial charge < -0.3 is 10.0 Å². The lowest BCUT2D eigenvalue weighted by Crippen LogP contribution is -2.51. The molecular weight excluding hydrogens is 244 g/mol. The van der Waals surface area contributed by atoms with E-state index >= 15 is 0 Å². The highest BCUT2D eigenvalue weighted by atomic mass is 79.9. The number of anilines is 1. The van der Waals surface area contributed by atoms with Gasteiger partial charge in [0.05, 0.1) is 17.4 Å². The Morgan fingerprint density at radius 3 is 2.79 bits per heavy atom. The van der Waals surface area contributed by atoms with E-state index in [4.69, 9.17) is 5.26 Å². The van der Waals surface area contributed by atoms with Gasteiger partial charge >= 0.3 is 0 Å². The molecule has 1 N–H and O–H groups in total. The summed E-state index contributed by atoms with van der Waals surface area (Å²) in [5, 5.41) is 18.1. The number of halogens is 1. The summed E-state index contributed by atoms with van der Waals surface area (Å²) < 4.78 is 0.805. The maximum Gasteiger partial charge on any atom is 0.103 e. The number of rotatable bonds is 1. The van der Waals surface area contributed by atoms with Crippen LogP contribution in [-0.2, 0) is 0 Å². The molecule has 1 aliphatic heterocycles. The highest BCUT2D eigenvalue weighted by Crippen LogP contribution is 2.29. The highest BCUT2D eigenvalue weighted by Gasteiger charge is 2.26. The van der Waals surface area contributed by atoms with Crippen molar-refractivity contribution in [2.45, 2.75) is 6.10 Å². The maximum absolute atomic E-state index is 9.18. The van der Waals surface area contributed by atoms with Crippen LogP contribution in [0.5, 0.6) is 0 Å². The van der Waals surface area contributed by atoms with Crippen molar-refractivity contribution in [2.24, 2.45) is 0 Å². The predicted molar refractivity (Wildman–Crippen MR) is 57.1 cm³/mol. The van der Waals surface area contributed by atoms with Crippen molar-refractivity contribution >= 4 is 21.6 Å². The molecule has 0 saturated carbocycles. The Labute approximate surface area is 90.7 Å². The molecule has 0 atom stereocenters. The first kappa shape index (κ1) is 9.50. The highest BCUT2D eigenvalue weighted by molar-refractivity contribution is 9.10. The lowest BCUT2D eigenvalue weighted by Gasteiger charge is -2.38. The van der Waals surface area contributed by atoms with Gasteiger partial charge in [0.1, 0.15) is 6.07 Å². The number of hydrogen-bond acceptors (Lipinski definition) is 3. The van der Waals surface area contributed by atoms with Crippen LogP contribution in [0, 0.1) is 11.3 Å². The van der Waals surface area contributed by atoms with Crippen molar-refractivity contribution in [1.82, 2.24) is 0 Å². The van der Waals surface area contributed by atoms with Crippen LogP contribution in [0.25, 0.3) is 0 Å². The second kappa shape index (κ2) is 3.60. The molecule has 0 radical (unpaired) electrons. The Morgan fingerprint density at radius 1 is 1.50 bits per heavy atom. The molecule has 3 nitrogen and oxygen atoms in total. The van der Waals surface area contributed by atoms with E-state index in [1.54, 1.807) is 0 Å². The maximum atomic E-state index is 9.18. The number of aliphatic hydroxyl groups is 1. The molecule has 4 heteroatoms. The van der Waals surface area contributed by atoms with Crippen LogP contribution in [0.1, 0.15) is 5.56 Å². The van der Waals surface area contributed by atoms with E-state index < -0.39 is 0 Å². The van der Waals surface area contributed by atoms with E-state index in [-0.39, 0.29) is 6.10 Å². The fourth-order valence-corrected chi connectivity index (χ4v) is 1.98. The molecule has 0 amide bonds. The topological polar surface area (TPSA) is 47.3 Å². The normalized spacial score (nSPS) is 16.2. The average molecular weight is 253 g/mol. The largest absolute Gasteiger partial charge is 0.389 e. The van der Waals surface area contributed by atoms with Crippen LogP contribution < -0.4 is 4.90 Å². The summed E-state index contributed by atoms with van der Waals surface area (Å²) in [4.78, 5) is 1.99. The van der Waals surface area contributed by atoms with Gasteiger partial charge in [0.2, 0.25) is 0 Å². The summed E-state index contributed by atoms with van der Waals surface area (Å²) in [6.45, 7) is 1.23. The van der Waals surface area contributed by atoms with Gasteiger partial charge in [0.25, 0.3) is 0 Å². The van der Waals surface area contributed by atoms with Crippen molar-refractivity contribution in [2.75, 3.05) is 18.0 Å². The molecule has 1 aromatic carbocycles. The average Bonchev–Trinajstić information content (AvgIpc) is 2.13. The Hall–Kier alpha value is -1.05. The van der Waals surface area contributed by atoms with Gasteiger partial charge in [0, 0.05) is 17.6 Å². The van der Waals surface area contributed by atoms with Gasteiger partial charge in [-0.05, 0) is 28.1 Å². The minimum atomic E-state index is -0.250. The summed E-state index contributed by atoms with van der Waals surface area (Å²) >= 11 is 3.33. The van der Waals surface area contributed by atoms with Gasteiger partial charge in [-0.25, -0.2) is 0 Å². The van der Waals surface area contributed by atoms with Gasteiger partial charge in [-0.2, -0.15) is 5.26 Å². The standard InChI is InChI=1S/C10H9BrN2O/c11-9-2-1-3-10(8(9)4-12)13-5-7(14)6-13/h1-3,7,14H,5-6H2. The van der Waals surface area contributed by atoms with E-state index in [1.165, 1.54) is 0 Å². The molecule has 1 aliphatic rings. The third-order valence-corrected chi connectivity index (χ3v) is 2.97. The lowest BCUT2D eigenvalue weighted by molar-refractivity contribution is 0.142. The minimum absolute atomic E-state index is 0.250. The SMILES string of the molecule is N#Cc1c(Br)cccc1N1CC(O)C1. The monoisotopic (exact) mass is 252 g/mol. The first-order chi connectivity index (χ1) is 6.72. The van der Waals surface area contributed by atoms with Crippen LogP contribution in [-0.4, -0.2) is 24.3 Å². The molecule has 0 aliphatic carbocycles. The molecule has 14 heavy (non-hydrogen) atoms. The zero-order chi connectivity index (χ0) is 10.1. The molecule has 0 aromatic heterocycles. The summed E-state index contributed by atoms with van der Waals surface area (Å²) in [5.41, 5.74) is 1.53. The van der Waals surface area contributed by atoms with Crippen LogP contribution in [0.4, 0.5) is 5.69 Å². The fraction of sp³-hybridized carbons (Fsp3) is 0.300. The summed E-state index contributed by atoms with van der Waals surface area (Å²) in [6.07, 6.45) is -0.250. The number of benzene rings is 1. The Morgan fingerprint density at radius 2 is 2.21 bits per heavy atom. The first-order valence-electron chi connectivity index (χ1n) is 4.34.